The third-order valence-electron chi connectivity index (χ3n) is 7.03. The van der Waals surface area contributed by atoms with E-state index in [4.69, 9.17) is 4.52 Å². The first-order valence-electron chi connectivity index (χ1n) is 11.7. The Kier molecular flexibility index (Phi) is 6.13. The van der Waals surface area contributed by atoms with E-state index >= 15 is 0 Å². The maximum absolute atomic E-state index is 12.4. The lowest BCUT2D eigenvalue weighted by Crippen LogP contribution is -2.59. The minimum Gasteiger partial charge on any atom is -0.350 e. The third-order valence-corrected chi connectivity index (χ3v) is 7.03. The van der Waals surface area contributed by atoms with E-state index in [0.717, 1.165) is 31.1 Å². The maximum atomic E-state index is 12.4. The van der Waals surface area contributed by atoms with Crippen LogP contribution in [0.5, 0.6) is 0 Å². The highest BCUT2D eigenvalue weighted by Gasteiger charge is 2.38. The summed E-state index contributed by atoms with van der Waals surface area (Å²) in [6.07, 6.45) is 4.98. The molecule has 5 rings (SSSR count). The van der Waals surface area contributed by atoms with Gasteiger partial charge in [0, 0.05) is 43.2 Å². The third kappa shape index (κ3) is 4.93. The molecule has 2 aliphatic carbocycles. The molecule has 3 aliphatic rings. The van der Waals surface area contributed by atoms with Crippen molar-refractivity contribution in [3.63, 3.8) is 0 Å². The quantitative estimate of drug-likeness (QED) is 0.552. The Bertz CT molecular complexity index is 1010. The largest absolute Gasteiger partial charge is 0.350 e. The summed E-state index contributed by atoms with van der Waals surface area (Å²) in [6, 6.07) is 11.0. The topological polar surface area (TPSA) is 117 Å². The summed E-state index contributed by atoms with van der Waals surface area (Å²) in [7, 11) is 0. The molecule has 2 aromatic rings. The van der Waals surface area contributed by atoms with Gasteiger partial charge < -0.3 is 14.7 Å². The summed E-state index contributed by atoms with van der Waals surface area (Å²) < 4.78 is 5.17. The van der Waals surface area contributed by atoms with Crippen molar-refractivity contribution in [2.75, 3.05) is 19.6 Å². The number of nitrogens with zero attached hydrogens (tertiary/aromatic N) is 2. The summed E-state index contributed by atoms with van der Waals surface area (Å²) in [5, 5.41) is 6.82. The molecule has 0 unspecified atom stereocenters. The van der Waals surface area contributed by atoms with Crippen molar-refractivity contribution in [3.8, 4) is 11.3 Å². The minimum absolute atomic E-state index is 0.0542. The van der Waals surface area contributed by atoms with Crippen LogP contribution < -0.4 is 16.2 Å². The number of rotatable bonds is 7. The smallest absolute Gasteiger partial charge is 0.290 e. The zero-order chi connectivity index (χ0) is 22.8. The molecule has 3 fully saturated rings. The van der Waals surface area contributed by atoms with Gasteiger partial charge in [0.15, 0.2) is 0 Å². The van der Waals surface area contributed by atoms with Crippen LogP contribution in [0.3, 0.4) is 0 Å². The van der Waals surface area contributed by atoms with E-state index in [2.05, 4.69) is 26.2 Å². The zero-order valence-corrected chi connectivity index (χ0v) is 18.5. The molecule has 1 aromatic heterocycles. The molecule has 3 amide bonds. The lowest BCUT2D eigenvalue weighted by atomic mass is 9.79. The first-order valence-corrected chi connectivity index (χ1v) is 11.7. The molecule has 2 heterocycles. The minimum atomic E-state index is -0.349. The average molecular weight is 452 g/mol. The predicted octanol–water partition coefficient (Wildman–Crippen LogP) is 1.73. The van der Waals surface area contributed by atoms with Gasteiger partial charge in [-0.25, -0.2) is 0 Å². The fourth-order valence-electron chi connectivity index (χ4n) is 4.59. The number of benzene rings is 1. The second-order valence-corrected chi connectivity index (χ2v) is 9.47. The molecule has 3 N–H and O–H groups in total. The zero-order valence-electron chi connectivity index (χ0n) is 18.5. The molecule has 33 heavy (non-hydrogen) atoms. The Morgan fingerprint density at radius 2 is 1.70 bits per heavy atom. The monoisotopic (exact) mass is 451 g/mol. The Balaban J connectivity index is 0.990. The number of carbonyl (C=O) groups excluding carboxylic acids is 3. The van der Waals surface area contributed by atoms with E-state index in [1.54, 1.807) is 6.07 Å². The van der Waals surface area contributed by atoms with Crippen molar-refractivity contribution in [2.45, 2.75) is 38.1 Å². The second kappa shape index (κ2) is 9.35. The van der Waals surface area contributed by atoms with E-state index in [9.17, 15) is 14.4 Å². The standard InChI is InChI=1S/C24H29N5O4/c30-22(26-27-23(31)18-13-29(14-18)12-15-5-4-6-15)17-9-19(10-17)25-24(32)21-11-20(28-33-21)16-7-2-1-3-8-16/h1-3,7-8,11,15,17-19H,4-6,9-10,12-14H2,(H,25,32)(H,26,30)(H,27,31)/t17-,19-. The van der Waals surface area contributed by atoms with Crippen LogP contribution in [0.4, 0.5) is 0 Å². The van der Waals surface area contributed by atoms with Gasteiger partial charge in [0.1, 0.15) is 5.69 Å². The summed E-state index contributed by atoms with van der Waals surface area (Å²) >= 11 is 0. The maximum Gasteiger partial charge on any atom is 0.290 e. The van der Waals surface area contributed by atoms with Crippen LogP contribution in [-0.4, -0.2) is 53.5 Å². The van der Waals surface area contributed by atoms with Crippen molar-refractivity contribution in [3.05, 3.63) is 42.2 Å². The molecule has 1 aromatic carbocycles. The first kappa shape index (κ1) is 21.6. The molecule has 174 valence electrons. The molecule has 0 spiro atoms. The number of hydrogen-bond donors (Lipinski definition) is 3. The Morgan fingerprint density at radius 3 is 2.36 bits per heavy atom. The van der Waals surface area contributed by atoms with Crippen LogP contribution in [0.25, 0.3) is 11.3 Å². The SMILES string of the molecule is O=C(N[C@H]1C[C@H](C(=O)NNC(=O)C2CN(CC3CCC3)C2)C1)c1cc(-c2ccccc2)no1. The van der Waals surface area contributed by atoms with Crippen molar-refractivity contribution in [2.24, 2.45) is 17.8 Å². The predicted molar refractivity (Wildman–Crippen MR) is 119 cm³/mol. The van der Waals surface area contributed by atoms with Crippen molar-refractivity contribution in [1.29, 1.82) is 0 Å². The van der Waals surface area contributed by atoms with Gasteiger partial charge in [0.2, 0.25) is 17.6 Å². The van der Waals surface area contributed by atoms with E-state index in [1.807, 2.05) is 30.3 Å². The highest BCUT2D eigenvalue weighted by molar-refractivity contribution is 5.93. The summed E-state index contributed by atoms with van der Waals surface area (Å²) in [4.78, 5) is 39.2. The highest BCUT2D eigenvalue weighted by atomic mass is 16.5. The lowest BCUT2D eigenvalue weighted by Gasteiger charge is -2.42. The number of amides is 3. The lowest BCUT2D eigenvalue weighted by molar-refractivity contribution is -0.137. The Labute approximate surface area is 192 Å². The number of nitrogens with one attached hydrogen (secondary N) is 3. The number of hydrazine groups is 1. The van der Waals surface area contributed by atoms with Crippen molar-refractivity contribution in [1.82, 2.24) is 26.2 Å². The average Bonchev–Trinajstić information content (AvgIpc) is 3.23. The van der Waals surface area contributed by atoms with Crippen molar-refractivity contribution >= 4 is 17.7 Å². The number of hydrogen-bond acceptors (Lipinski definition) is 6. The van der Waals surface area contributed by atoms with Crippen LogP contribution >= 0.6 is 0 Å². The van der Waals surface area contributed by atoms with Gasteiger partial charge >= 0.3 is 0 Å². The molecule has 2 saturated carbocycles. The van der Waals surface area contributed by atoms with E-state index in [0.29, 0.717) is 18.5 Å². The molecule has 0 atom stereocenters. The van der Waals surface area contributed by atoms with Gasteiger partial charge in [-0.15, -0.1) is 0 Å². The molecule has 1 saturated heterocycles. The molecule has 0 radical (unpaired) electrons. The van der Waals surface area contributed by atoms with E-state index in [-0.39, 0.29) is 41.4 Å². The van der Waals surface area contributed by atoms with Crippen LogP contribution in [0, 0.1) is 17.8 Å². The number of aromatic nitrogens is 1. The summed E-state index contributed by atoms with van der Waals surface area (Å²) in [6.45, 7) is 2.62. The Morgan fingerprint density at radius 1 is 1.00 bits per heavy atom. The summed E-state index contributed by atoms with van der Waals surface area (Å²) in [5.74, 6) is -0.0412. The van der Waals surface area contributed by atoms with E-state index in [1.165, 1.54) is 19.3 Å². The van der Waals surface area contributed by atoms with Crippen LogP contribution in [0.1, 0.15) is 42.7 Å². The number of carbonyl (C=O) groups is 3. The normalized spacial score (nSPS) is 23.0. The number of likely N-dealkylation sites (tertiary alicyclic amines) is 1. The Hall–Kier alpha value is -3.20. The molecular formula is C24H29N5O4. The molecule has 9 heteroatoms. The van der Waals surface area contributed by atoms with Gasteiger partial charge in [0.05, 0.1) is 5.92 Å². The van der Waals surface area contributed by atoms with Crippen LogP contribution in [0.15, 0.2) is 40.9 Å². The molecule has 0 bridgehead atoms. The van der Waals surface area contributed by atoms with Crippen molar-refractivity contribution < 1.29 is 18.9 Å². The van der Waals surface area contributed by atoms with Gasteiger partial charge in [-0.3, -0.25) is 25.2 Å². The van der Waals surface area contributed by atoms with Crippen LogP contribution in [0.2, 0.25) is 0 Å². The molecule has 9 nitrogen and oxygen atoms in total. The van der Waals surface area contributed by atoms with Gasteiger partial charge in [-0.05, 0) is 31.6 Å². The van der Waals surface area contributed by atoms with Gasteiger partial charge in [0.25, 0.3) is 5.91 Å². The fraction of sp³-hybridized carbons (Fsp3) is 0.500. The van der Waals surface area contributed by atoms with E-state index < -0.39 is 0 Å². The fourth-order valence-corrected chi connectivity index (χ4v) is 4.59. The second-order valence-electron chi connectivity index (χ2n) is 9.47. The summed E-state index contributed by atoms with van der Waals surface area (Å²) in [5.41, 5.74) is 6.57. The first-order chi connectivity index (χ1) is 16.0. The van der Waals surface area contributed by atoms with Gasteiger partial charge in [-0.1, -0.05) is 41.9 Å². The highest BCUT2D eigenvalue weighted by Crippen LogP contribution is 2.30. The molecule has 1 aliphatic heterocycles. The van der Waals surface area contributed by atoms with Gasteiger partial charge in [-0.2, -0.15) is 0 Å². The molecular weight excluding hydrogens is 422 g/mol. The van der Waals surface area contributed by atoms with Crippen LogP contribution in [-0.2, 0) is 9.59 Å².